The Bertz CT molecular complexity index is 1220. The Labute approximate surface area is 203 Å². The second kappa shape index (κ2) is 9.54. The number of hydrogen-bond donors (Lipinski definition) is 0. The van der Waals surface area contributed by atoms with Gasteiger partial charge >= 0.3 is 0 Å². The zero-order valence-electron chi connectivity index (χ0n) is 20.0. The molecule has 2 aliphatic heterocycles. The summed E-state index contributed by atoms with van der Waals surface area (Å²) in [5.41, 5.74) is 3.64. The van der Waals surface area contributed by atoms with Gasteiger partial charge in [0.2, 0.25) is 21.8 Å². The average molecular weight is 479 g/mol. The van der Waals surface area contributed by atoms with Crippen LogP contribution in [0.1, 0.15) is 37.8 Å². The predicted molar refractivity (Wildman–Crippen MR) is 134 cm³/mol. The summed E-state index contributed by atoms with van der Waals surface area (Å²) in [4.78, 5) is 28.6. The van der Waals surface area contributed by atoms with Crippen molar-refractivity contribution in [2.24, 2.45) is 5.92 Å². The van der Waals surface area contributed by atoms with E-state index in [1.807, 2.05) is 38.1 Å². The van der Waals surface area contributed by atoms with Gasteiger partial charge in [-0.15, -0.1) is 0 Å². The van der Waals surface area contributed by atoms with Crippen LogP contribution in [-0.4, -0.2) is 58.6 Å². The molecule has 178 valence electrons. The lowest BCUT2D eigenvalue weighted by molar-refractivity contribution is -0.123. The summed E-state index contributed by atoms with van der Waals surface area (Å²) >= 11 is 0. The van der Waals surface area contributed by atoms with Crippen molar-refractivity contribution in [2.45, 2.75) is 44.9 Å². The summed E-state index contributed by atoms with van der Waals surface area (Å²) in [6.45, 7) is 6.98. The van der Waals surface area contributed by atoms with Crippen molar-refractivity contribution in [3.05, 3.63) is 47.5 Å². The first-order valence-corrected chi connectivity index (χ1v) is 13.2. The molecule has 9 heteroatoms. The molecule has 0 unspecified atom stereocenters. The quantitative estimate of drug-likeness (QED) is 0.616. The lowest BCUT2D eigenvalue weighted by atomic mass is 9.93. The molecule has 2 aliphatic rings. The van der Waals surface area contributed by atoms with Crippen molar-refractivity contribution in [3.8, 4) is 0 Å². The number of sulfonamides is 1. The number of rotatable bonds is 5. The number of carbonyl (C=O) groups is 2. The highest BCUT2D eigenvalue weighted by Gasteiger charge is 2.35. The van der Waals surface area contributed by atoms with Gasteiger partial charge in [-0.25, -0.2) is 8.42 Å². The second-order valence-electron chi connectivity index (χ2n) is 9.04. The zero-order valence-corrected chi connectivity index (χ0v) is 20.8. The van der Waals surface area contributed by atoms with Crippen molar-refractivity contribution >= 4 is 46.5 Å². The standard InChI is InChI=1S/C25H30BN3O4S/c1-4-28(21-7-5-6-17(2)14-21)25(31)19-8-11-27(12-9-19)34(32,33)24-16-23-20(15-22(24)26)10-13-29(23)18(3)30/h5-7,14-16,19H,4,8-13H2,1-3H3. The van der Waals surface area contributed by atoms with Crippen LogP contribution in [0.15, 0.2) is 41.3 Å². The van der Waals surface area contributed by atoms with Gasteiger partial charge < -0.3 is 9.80 Å². The average Bonchev–Trinajstić information content (AvgIpc) is 3.22. The van der Waals surface area contributed by atoms with E-state index in [1.54, 1.807) is 15.9 Å². The normalized spacial score (nSPS) is 17.0. The van der Waals surface area contributed by atoms with Gasteiger partial charge in [-0.1, -0.05) is 23.7 Å². The van der Waals surface area contributed by atoms with Crippen molar-refractivity contribution in [1.82, 2.24) is 4.31 Å². The maximum atomic E-state index is 13.5. The minimum atomic E-state index is -3.85. The third-order valence-corrected chi connectivity index (χ3v) is 8.76. The van der Waals surface area contributed by atoms with Crippen LogP contribution in [-0.2, 0) is 26.0 Å². The molecule has 0 aromatic heterocycles. The van der Waals surface area contributed by atoms with Crippen LogP contribution in [0.25, 0.3) is 0 Å². The van der Waals surface area contributed by atoms with Crippen LogP contribution < -0.4 is 15.3 Å². The van der Waals surface area contributed by atoms with Crippen LogP contribution in [0.3, 0.4) is 0 Å². The van der Waals surface area contributed by atoms with Gasteiger partial charge in [-0.2, -0.15) is 4.31 Å². The third-order valence-electron chi connectivity index (χ3n) is 6.80. The summed E-state index contributed by atoms with van der Waals surface area (Å²) in [5, 5.41) is 0. The lowest BCUT2D eigenvalue weighted by Gasteiger charge is -2.34. The first-order valence-electron chi connectivity index (χ1n) is 11.7. The fourth-order valence-electron chi connectivity index (χ4n) is 4.95. The van der Waals surface area contributed by atoms with Crippen LogP contribution >= 0.6 is 0 Å². The van der Waals surface area contributed by atoms with E-state index in [2.05, 4.69) is 0 Å². The molecule has 0 bridgehead atoms. The molecule has 2 amide bonds. The van der Waals surface area contributed by atoms with E-state index in [9.17, 15) is 18.0 Å². The summed E-state index contributed by atoms with van der Waals surface area (Å²) in [5.74, 6) is -0.336. The van der Waals surface area contributed by atoms with E-state index in [0.717, 1.165) is 16.8 Å². The molecule has 34 heavy (non-hydrogen) atoms. The Balaban J connectivity index is 1.50. The molecule has 2 aromatic rings. The van der Waals surface area contributed by atoms with Gasteiger partial charge in [0.15, 0.2) is 0 Å². The number of amides is 2. The van der Waals surface area contributed by atoms with Crippen LogP contribution in [0, 0.1) is 12.8 Å². The van der Waals surface area contributed by atoms with Gasteiger partial charge in [0.05, 0.1) is 4.90 Å². The maximum Gasteiger partial charge on any atom is 0.242 e. The number of fused-ring (bicyclic) bond motifs is 1. The Morgan fingerprint density at radius 1 is 1.12 bits per heavy atom. The van der Waals surface area contributed by atoms with Gasteiger partial charge in [-0.05, 0) is 62.4 Å². The Kier molecular flexibility index (Phi) is 6.87. The predicted octanol–water partition coefficient (Wildman–Crippen LogP) is 2.15. The maximum absolute atomic E-state index is 13.5. The number of nitrogens with zero attached hydrogens (tertiary/aromatic N) is 3. The van der Waals surface area contributed by atoms with E-state index in [-0.39, 0.29) is 41.2 Å². The number of aryl methyl sites for hydroxylation is 1. The van der Waals surface area contributed by atoms with E-state index < -0.39 is 10.0 Å². The molecule has 1 fully saturated rings. The molecule has 2 radical (unpaired) electrons. The molecular formula is C25H30BN3O4S. The highest BCUT2D eigenvalue weighted by Crippen LogP contribution is 2.32. The largest absolute Gasteiger partial charge is 0.312 e. The number of benzene rings is 2. The monoisotopic (exact) mass is 479 g/mol. The number of hydrogen-bond acceptors (Lipinski definition) is 4. The number of anilines is 2. The Morgan fingerprint density at radius 2 is 1.82 bits per heavy atom. The van der Waals surface area contributed by atoms with Gasteiger partial charge in [0.25, 0.3) is 0 Å². The van der Waals surface area contributed by atoms with Crippen LogP contribution in [0.4, 0.5) is 11.4 Å². The summed E-state index contributed by atoms with van der Waals surface area (Å²) in [6, 6.07) is 11.0. The molecule has 2 aromatic carbocycles. The van der Waals surface area contributed by atoms with E-state index in [0.29, 0.717) is 38.0 Å². The van der Waals surface area contributed by atoms with Crippen molar-refractivity contribution in [3.63, 3.8) is 0 Å². The summed E-state index contributed by atoms with van der Waals surface area (Å²) in [6.07, 6.45) is 1.55. The minimum absolute atomic E-state index is 0.0270. The first-order chi connectivity index (χ1) is 16.1. The highest BCUT2D eigenvalue weighted by molar-refractivity contribution is 7.89. The molecule has 0 spiro atoms. The fraction of sp³-hybridized carbons (Fsp3) is 0.440. The molecule has 0 aliphatic carbocycles. The summed E-state index contributed by atoms with van der Waals surface area (Å²) < 4.78 is 28.3. The molecule has 2 heterocycles. The van der Waals surface area contributed by atoms with E-state index in [1.165, 1.54) is 17.3 Å². The second-order valence-corrected chi connectivity index (χ2v) is 10.9. The molecular weight excluding hydrogens is 449 g/mol. The molecule has 4 rings (SSSR count). The van der Waals surface area contributed by atoms with E-state index >= 15 is 0 Å². The molecule has 7 nitrogen and oxygen atoms in total. The minimum Gasteiger partial charge on any atom is -0.312 e. The lowest BCUT2D eigenvalue weighted by Crippen LogP contribution is -2.45. The third kappa shape index (κ3) is 4.51. The zero-order chi connectivity index (χ0) is 24.6. The van der Waals surface area contributed by atoms with Crippen molar-refractivity contribution in [1.29, 1.82) is 0 Å². The fourth-order valence-corrected chi connectivity index (χ4v) is 6.54. The highest BCUT2D eigenvalue weighted by atomic mass is 32.2. The molecule has 0 N–H and O–H groups in total. The van der Waals surface area contributed by atoms with Crippen molar-refractivity contribution < 1.29 is 18.0 Å². The van der Waals surface area contributed by atoms with Gasteiger partial charge in [0.1, 0.15) is 7.85 Å². The summed E-state index contributed by atoms with van der Waals surface area (Å²) in [7, 11) is 2.30. The van der Waals surface area contributed by atoms with Crippen molar-refractivity contribution in [2.75, 3.05) is 36.0 Å². The van der Waals surface area contributed by atoms with E-state index in [4.69, 9.17) is 7.85 Å². The molecule has 0 atom stereocenters. The Hall–Kier alpha value is -2.65. The SMILES string of the molecule is [B]c1cc2c(cc1S(=O)(=O)N1CCC(C(=O)N(CC)c3cccc(C)c3)CC1)N(C(C)=O)CC2. The number of carbonyl (C=O) groups excluding carboxylic acids is 2. The smallest absolute Gasteiger partial charge is 0.242 e. The number of piperidine rings is 1. The molecule has 0 saturated carbocycles. The van der Waals surface area contributed by atoms with Crippen LogP contribution in [0.5, 0.6) is 0 Å². The Morgan fingerprint density at radius 3 is 2.44 bits per heavy atom. The van der Waals surface area contributed by atoms with Crippen LogP contribution in [0.2, 0.25) is 0 Å². The van der Waals surface area contributed by atoms with Gasteiger partial charge in [-0.3, -0.25) is 9.59 Å². The first kappa shape index (κ1) is 24.5. The topological polar surface area (TPSA) is 78.0 Å². The van der Waals surface area contributed by atoms with Gasteiger partial charge in [0, 0.05) is 50.4 Å². The molecule has 1 saturated heterocycles.